The molecular weight excluding hydrogens is 258 g/mol. The minimum absolute atomic E-state index is 0.0747. The Hall–Kier alpha value is -1.44. The third kappa shape index (κ3) is 3.52. The largest absolute Gasteiger partial charge is 0.479 e. The minimum Gasteiger partial charge on any atom is -0.479 e. The van der Waals surface area contributed by atoms with Crippen LogP contribution in [0.2, 0.25) is 0 Å². The molecule has 7 heteroatoms. The number of sulfonamides is 1. The summed E-state index contributed by atoms with van der Waals surface area (Å²) in [5.41, 5.74) is 1.49. The van der Waals surface area contributed by atoms with Crippen molar-refractivity contribution in [3.63, 3.8) is 0 Å². The first-order chi connectivity index (χ1) is 8.24. The standard InChI is InChI=1S/C11H15NO5S/c1-7-3-4-10(8(2)5-7)18(16,17)12-6-9(13)11(14)15/h3-5,9,12-13H,6H2,1-2H3,(H,14,15). The van der Waals surface area contributed by atoms with Crippen molar-refractivity contribution in [3.8, 4) is 0 Å². The van der Waals surface area contributed by atoms with E-state index >= 15 is 0 Å². The Morgan fingerprint density at radius 3 is 2.50 bits per heavy atom. The van der Waals surface area contributed by atoms with Gasteiger partial charge in [0.05, 0.1) is 4.90 Å². The van der Waals surface area contributed by atoms with E-state index in [1.165, 1.54) is 6.07 Å². The zero-order valence-electron chi connectivity index (χ0n) is 10.0. The van der Waals surface area contributed by atoms with Crippen LogP contribution in [-0.4, -0.2) is 37.2 Å². The second kappa shape index (κ2) is 5.47. The van der Waals surface area contributed by atoms with Crippen LogP contribution >= 0.6 is 0 Å². The van der Waals surface area contributed by atoms with Crippen LogP contribution in [0.3, 0.4) is 0 Å². The summed E-state index contributed by atoms with van der Waals surface area (Å²) in [5, 5.41) is 17.5. The molecule has 0 bridgehead atoms. The summed E-state index contributed by atoms with van der Waals surface area (Å²) >= 11 is 0. The average Bonchev–Trinajstić information content (AvgIpc) is 2.25. The van der Waals surface area contributed by atoms with Crippen LogP contribution in [0.15, 0.2) is 23.1 Å². The van der Waals surface area contributed by atoms with Gasteiger partial charge in [0.2, 0.25) is 10.0 Å². The van der Waals surface area contributed by atoms with Crippen molar-refractivity contribution in [2.45, 2.75) is 24.8 Å². The van der Waals surface area contributed by atoms with Gasteiger partial charge in [-0.3, -0.25) is 0 Å². The number of aliphatic hydroxyl groups is 1. The molecule has 1 rings (SSSR count). The van der Waals surface area contributed by atoms with Gasteiger partial charge in [-0.15, -0.1) is 0 Å². The molecule has 18 heavy (non-hydrogen) atoms. The van der Waals surface area contributed by atoms with Crippen LogP contribution < -0.4 is 4.72 Å². The average molecular weight is 273 g/mol. The van der Waals surface area contributed by atoms with Crippen LogP contribution in [0.5, 0.6) is 0 Å². The second-order valence-electron chi connectivity index (χ2n) is 3.97. The molecule has 0 saturated heterocycles. The third-order valence-corrected chi connectivity index (χ3v) is 3.96. The highest BCUT2D eigenvalue weighted by atomic mass is 32.2. The van der Waals surface area contributed by atoms with Gasteiger partial charge >= 0.3 is 5.97 Å². The Kier molecular flexibility index (Phi) is 4.44. The van der Waals surface area contributed by atoms with Crippen molar-refractivity contribution in [1.29, 1.82) is 0 Å². The predicted octanol–water partition coefficient (Wildman–Crippen LogP) is 0.0272. The number of aliphatic hydroxyl groups excluding tert-OH is 1. The molecule has 0 aliphatic rings. The molecule has 0 aliphatic carbocycles. The van der Waals surface area contributed by atoms with Crippen molar-refractivity contribution in [3.05, 3.63) is 29.3 Å². The maximum absolute atomic E-state index is 11.9. The van der Waals surface area contributed by atoms with E-state index in [1.807, 2.05) is 6.92 Å². The highest BCUT2D eigenvalue weighted by Crippen LogP contribution is 2.16. The van der Waals surface area contributed by atoms with Gasteiger partial charge in [0, 0.05) is 6.54 Å². The molecule has 1 aromatic rings. The van der Waals surface area contributed by atoms with Crippen LogP contribution in [-0.2, 0) is 14.8 Å². The van der Waals surface area contributed by atoms with E-state index in [0.29, 0.717) is 5.56 Å². The summed E-state index contributed by atoms with van der Waals surface area (Å²) in [5.74, 6) is -1.47. The topological polar surface area (TPSA) is 104 Å². The fourth-order valence-corrected chi connectivity index (χ4v) is 2.72. The number of carboxylic acids is 1. The number of rotatable bonds is 5. The number of benzene rings is 1. The van der Waals surface area contributed by atoms with E-state index in [1.54, 1.807) is 19.1 Å². The fraction of sp³-hybridized carbons (Fsp3) is 0.364. The SMILES string of the molecule is Cc1ccc(S(=O)(=O)NCC(O)C(=O)O)c(C)c1. The van der Waals surface area contributed by atoms with Gasteiger partial charge in [0.25, 0.3) is 0 Å². The lowest BCUT2D eigenvalue weighted by Gasteiger charge is -2.11. The molecule has 0 fully saturated rings. The first kappa shape index (κ1) is 14.6. The molecule has 1 unspecified atom stereocenters. The zero-order chi connectivity index (χ0) is 13.9. The van der Waals surface area contributed by atoms with E-state index in [9.17, 15) is 13.2 Å². The summed E-state index contributed by atoms with van der Waals surface area (Å²) in [6.45, 7) is 2.92. The number of nitrogens with one attached hydrogen (secondary N) is 1. The maximum atomic E-state index is 11.9. The van der Waals surface area contributed by atoms with Gasteiger partial charge in [-0.05, 0) is 25.5 Å². The first-order valence-corrected chi connectivity index (χ1v) is 6.70. The third-order valence-electron chi connectivity index (χ3n) is 2.37. The van der Waals surface area contributed by atoms with Gasteiger partial charge in [-0.1, -0.05) is 17.7 Å². The number of aryl methyl sites for hydroxylation is 2. The van der Waals surface area contributed by atoms with Gasteiger partial charge in [-0.25, -0.2) is 17.9 Å². The number of hydrogen-bond acceptors (Lipinski definition) is 4. The predicted molar refractivity (Wildman–Crippen MR) is 64.7 cm³/mol. The molecule has 0 radical (unpaired) electrons. The Morgan fingerprint density at radius 1 is 1.39 bits per heavy atom. The second-order valence-corrected chi connectivity index (χ2v) is 5.71. The Bertz CT molecular complexity index is 553. The number of aliphatic carboxylic acids is 1. The Labute approximate surface area is 105 Å². The summed E-state index contributed by atoms with van der Waals surface area (Å²) in [6, 6.07) is 4.80. The lowest BCUT2D eigenvalue weighted by Crippen LogP contribution is -2.36. The van der Waals surface area contributed by atoms with Crippen molar-refractivity contribution >= 4 is 16.0 Å². The molecule has 0 saturated carbocycles. The number of hydrogen-bond donors (Lipinski definition) is 3. The fourth-order valence-electron chi connectivity index (χ4n) is 1.45. The molecule has 0 aromatic heterocycles. The van der Waals surface area contributed by atoms with Gasteiger partial charge < -0.3 is 10.2 Å². The van der Waals surface area contributed by atoms with Crippen molar-refractivity contribution in [2.24, 2.45) is 0 Å². The molecule has 0 heterocycles. The van der Waals surface area contributed by atoms with Crippen LogP contribution in [0.25, 0.3) is 0 Å². The molecule has 0 spiro atoms. The first-order valence-electron chi connectivity index (χ1n) is 5.22. The molecular formula is C11H15NO5S. The lowest BCUT2D eigenvalue weighted by atomic mass is 10.2. The van der Waals surface area contributed by atoms with E-state index in [0.717, 1.165) is 5.56 Å². The zero-order valence-corrected chi connectivity index (χ0v) is 10.9. The highest BCUT2D eigenvalue weighted by Gasteiger charge is 2.20. The van der Waals surface area contributed by atoms with Gasteiger partial charge in [0.15, 0.2) is 6.10 Å². The molecule has 0 aliphatic heterocycles. The number of carboxylic acid groups (broad SMARTS) is 1. The summed E-state index contributed by atoms with van der Waals surface area (Å²) in [6.07, 6.45) is -1.76. The normalized spacial score (nSPS) is 13.3. The van der Waals surface area contributed by atoms with Crippen LogP contribution in [0.4, 0.5) is 0 Å². The summed E-state index contributed by atoms with van der Waals surface area (Å²) < 4.78 is 25.8. The molecule has 6 nitrogen and oxygen atoms in total. The van der Waals surface area contributed by atoms with E-state index in [-0.39, 0.29) is 4.90 Å². The molecule has 0 amide bonds. The van der Waals surface area contributed by atoms with Crippen molar-refractivity contribution < 1.29 is 23.4 Å². The molecule has 3 N–H and O–H groups in total. The van der Waals surface area contributed by atoms with Crippen LogP contribution in [0.1, 0.15) is 11.1 Å². The maximum Gasteiger partial charge on any atom is 0.333 e. The highest BCUT2D eigenvalue weighted by molar-refractivity contribution is 7.89. The molecule has 100 valence electrons. The Balaban J connectivity index is 2.90. The van der Waals surface area contributed by atoms with Gasteiger partial charge in [0.1, 0.15) is 0 Å². The van der Waals surface area contributed by atoms with E-state index < -0.39 is 28.6 Å². The smallest absolute Gasteiger partial charge is 0.333 e. The van der Waals surface area contributed by atoms with Crippen molar-refractivity contribution in [2.75, 3.05) is 6.54 Å². The Morgan fingerprint density at radius 2 is 2.00 bits per heavy atom. The lowest BCUT2D eigenvalue weighted by molar-refractivity contribution is -0.146. The van der Waals surface area contributed by atoms with Crippen molar-refractivity contribution in [1.82, 2.24) is 4.72 Å². The monoisotopic (exact) mass is 273 g/mol. The van der Waals surface area contributed by atoms with E-state index in [2.05, 4.69) is 4.72 Å². The molecule has 1 atom stereocenters. The van der Waals surface area contributed by atoms with E-state index in [4.69, 9.17) is 10.2 Å². The molecule has 1 aromatic carbocycles. The van der Waals surface area contributed by atoms with Gasteiger partial charge in [-0.2, -0.15) is 0 Å². The number of carbonyl (C=O) groups is 1. The summed E-state index contributed by atoms with van der Waals surface area (Å²) in [4.78, 5) is 10.5. The quantitative estimate of drug-likeness (QED) is 0.702. The summed E-state index contributed by atoms with van der Waals surface area (Å²) in [7, 11) is -3.81. The minimum atomic E-state index is -3.81. The van der Waals surface area contributed by atoms with Crippen LogP contribution in [0, 0.1) is 13.8 Å².